The zero-order valence-corrected chi connectivity index (χ0v) is 11.3. The van der Waals surface area contributed by atoms with Crippen molar-refractivity contribution in [2.45, 2.75) is 20.0 Å². The SMILES string of the molecule is COc1cccc(CNCc2cccc(C)c2)c1O. The van der Waals surface area contributed by atoms with Crippen molar-refractivity contribution in [3.05, 3.63) is 59.2 Å². The van der Waals surface area contributed by atoms with Crippen LogP contribution in [-0.2, 0) is 13.1 Å². The quantitative estimate of drug-likeness (QED) is 0.865. The van der Waals surface area contributed by atoms with E-state index in [2.05, 4.69) is 36.5 Å². The van der Waals surface area contributed by atoms with Crippen molar-refractivity contribution in [3.63, 3.8) is 0 Å². The average Bonchev–Trinajstić information content (AvgIpc) is 2.41. The Morgan fingerprint density at radius 1 is 1.11 bits per heavy atom. The number of para-hydroxylation sites is 1. The van der Waals surface area contributed by atoms with E-state index in [-0.39, 0.29) is 5.75 Å². The van der Waals surface area contributed by atoms with E-state index in [1.54, 1.807) is 13.2 Å². The third-order valence-corrected chi connectivity index (χ3v) is 3.03. The first kappa shape index (κ1) is 13.4. The van der Waals surface area contributed by atoms with Crippen LogP contribution in [0.3, 0.4) is 0 Å². The molecule has 0 radical (unpaired) electrons. The van der Waals surface area contributed by atoms with Gasteiger partial charge < -0.3 is 15.2 Å². The third kappa shape index (κ3) is 3.48. The molecule has 0 aliphatic rings. The first-order chi connectivity index (χ1) is 9.20. The van der Waals surface area contributed by atoms with Crippen LogP contribution in [0, 0.1) is 6.92 Å². The van der Waals surface area contributed by atoms with Gasteiger partial charge in [0.1, 0.15) is 0 Å². The summed E-state index contributed by atoms with van der Waals surface area (Å²) >= 11 is 0. The van der Waals surface area contributed by atoms with E-state index in [4.69, 9.17) is 4.74 Å². The molecule has 2 N–H and O–H groups in total. The maximum Gasteiger partial charge on any atom is 0.162 e. The molecule has 2 aromatic rings. The Labute approximate surface area is 113 Å². The van der Waals surface area contributed by atoms with Crippen molar-refractivity contribution < 1.29 is 9.84 Å². The highest BCUT2D eigenvalue weighted by molar-refractivity contribution is 5.45. The van der Waals surface area contributed by atoms with Gasteiger partial charge in [-0.1, -0.05) is 42.0 Å². The molecule has 0 aromatic heterocycles. The fourth-order valence-corrected chi connectivity index (χ4v) is 2.04. The molecule has 0 atom stereocenters. The molecule has 100 valence electrons. The van der Waals surface area contributed by atoms with Crippen molar-refractivity contribution in [1.29, 1.82) is 0 Å². The Kier molecular flexibility index (Phi) is 4.42. The van der Waals surface area contributed by atoms with Gasteiger partial charge in [0.05, 0.1) is 7.11 Å². The second-order valence-corrected chi connectivity index (χ2v) is 4.56. The summed E-state index contributed by atoms with van der Waals surface area (Å²) in [4.78, 5) is 0. The molecule has 3 heteroatoms. The number of phenols is 1. The summed E-state index contributed by atoms with van der Waals surface area (Å²) in [5.74, 6) is 0.719. The van der Waals surface area contributed by atoms with Crippen LogP contribution in [0.2, 0.25) is 0 Å². The molecule has 19 heavy (non-hydrogen) atoms. The van der Waals surface area contributed by atoms with Gasteiger partial charge in [0.25, 0.3) is 0 Å². The molecular formula is C16H19NO2. The van der Waals surface area contributed by atoms with E-state index < -0.39 is 0 Å². The van der Waals surface area contributed by atoms with E-state index in [1.165, 1.54) is 11.1 Å². The molecule has 0 saturated heterocycles. The number of phenolic OH excluding ortho intramolecular Hbond substituents is 1. The normalized spacial score (nSPS) is 10.4. The Morgan fingerprint density at radius 2 is 1.89 bits per heavy atom. The first-order valence-electron chi connectivity index (χ1n) is 6.32. The Balaban J connectivity index is 1.96. The Morgan fingerprint density at radius 3 is 2.63 bits per heavy atom. The molecule has 0 unspecified atom stereocenters. The van der Waals surface area contributed by atoms with Crippen molar-refractivity contribution in [3.8, 4) is 11.5 Å². The van der Waals surface area contributed by atoms with Crippen molar-refractivity contribution in [1.82, 2.24) is 5.32 Å². The van der Waals surface area contributed by atoms with Gasteiger partial charge in [-0.2, -0.15) is 0 Å². The lowest BCUT2D eigenvalue weighted by atomic mass is 10.1. The highest BCUT2D eigenvalue weighted by Crippen LogP contribution is 2.29. The lowest BCUT2D eigenvalue weighted by Gasteiger charge is -2.10. The molecule has 0 amide bonds. The highest BCUT2D eigenvalue weighted by atomic mass is 16.5. The minimum Gasteiger partial charge on any atom is -0.504 e. The summed E-state index contributed by atoms with van der Waals surface area (Å²) in [5, 5.41) is 13.3. The zero-order valence-electron chi connectivity index (χ0n) is 11.3. The predicted molar refractivity (Wildman–Crippen MR) is 76.4 cm³/mol. The molecule has 0 fully saturated rings. The molecular weight excluding hydrogens is 238 g/mol. The van der Waals surface area contributed by atoms with E-state index in [0.717, 1.165) is 12.1 Å². The largest absolute Gasteiger partial charge is 0.504 e. The summed E-state index contributed by atoms with van der Waals surface area (Å²) in [6.07, 6.45) is 0. The fourth-order valence-electron chi connectivity index (χ4n) is 2.04. The molecule has 0 saturated carbocycles. The average molecular weight is 257 g/mol. The van der Waals surface area contributed by atoms with E-state index in [1.807, 2.05) is 12.1 Å². The lowest BCUT2D eigenvalue weighted by molar-refractivity contribution is 0.369. The van der Waals surface area contributed by atoms with E-state index in [0.29, 0.717) is 12.3 Å². The Hall–Kier alpha value is -2.00. The van der Waals surface area contributed by atoms with E-state index in [9.17, 15) is 5.11 Å². The van der Waals surface area contributed by atoms with Gasteiger partial charge in [0.2, 0.25) is 0 Å². The van der Waals surface area contributed by atoms with Crippen LogP contribution in [0.15, 0.2) is 42.5 Å². The van der Waals surface area contributed by atoms with Gasteiger partial charge >= 0.3 is 0 Å². The first-order valence-corrected chi connectivity index (χ1v) is 6.32. The highest BCUT2D eigenvalue weighted by Gasteiger charge is 2.06. The maximum atomic E-state index is 9.97. The van der Waals surface area contributed by atoms with Crippen LogP contribution in [0.25, 0.3) is 0 Å². The smallest absolute Gasteiger partial charge is 0.162 e. The summed E-state index contributed by atoms with van der Waals surface area (Å²) in [7, 11) is 1.55. The van der Waals surface area contributed by atoms with Gasteiger partial charge in [0.15, 0.2) is 11.5 Å². The van der Waals surface area contributed by atoms with Gasteiger partial charge in [0, 0.05) is 18.7 Å². The van der Waals surface area contributed by atoms with Crippen LogP contribution in [0.1, 0.15) is 16.7 Å². The summed E-state index contributed by atoms with van der Waals surface area (Å²) in [6.45, 7) is 3.46. The predicted octanol–water partition coefficient (Wildman–Crippen LogP) is 3.00. The summed E-state index contributed by atoms with van der Waals surface area (Å²) in [6, 6.07) is 13.9. The van der Waals surface area contributed by atoms with Crippen LogP contribution in [0.4, 0.5) is 0 Å². The number of hydrogen-bond donors (Lipinski definition) is 2. The maximum absolute atomic E-state index is 9.97. The van der Waals surface area contributed by atoms with Crippen LogP contribution in [-0.4, -0.2) is 12.2 Å². The monoisotopic (exact) mass is 257 g/mol. The molecule has 0 heterocycles. The zero-order chi connectivity index (χ0) is 13.7. The van der Waals surface area contributed by atoms with Crippen LogP contribution < -0.4 is 10.1 Å². The van der Waals surface area contributed by atoms with Gasteiger partial charge in [-0.05, 0) is 18.6 Å². The minimum atomic E-state index is 0.210. The standard InChI is InChI=1S/C16H19NO2/c1-12-5-3-6-13(9-12)10-17-11-14-7-4-8-15(19-2)16(14)18/h3-9,17-18H,10-11H2,1-2H3. The van der Waals surface area contributed by atoms with Crippen LogP contribution in [0.5, 0.6) is 11.5 Å². The molecule has 0 bridgehead atoms. The number of ether oxygens (including phenoxy) is 1. The van der Waals surface area contributed by atoms with Crippen molar-refractivity contribution in [2.24, 2.45) is 0 Å². The number of aromatic hydroxyl groups is 1. The lowest BCUT2D eigenvalue weighted by Crippen LogP contribution is -2.12. The molecule has 2 aromatic carbocycles. The van der Waals surface area contributed by atoms with E-state index >= 15 is 0 Å². The number of methoxy groups -OCH3 is 1. The number of nitrogens with one attached hydrogen (secondary N) is 1. The molecule has 2 rings (SSSR count). The molecule has 0 spiro atoms. The van der Waals surface area contributed by atoms with Gasteiger partial charge in [-0.25, -0.2) is 0 Å². The Bertz CT molecular complexity index is 552. The summed E-state index contributed by atoms with van der Waals surface area (Å²) < 4.78 is 5.09. The molecule has 0 aliphatic heterocycles. The second kappa shape index (κ2) is 6.25. The fraction of sp³-hybridized carbons (Fsp3) is 0.250. The van der Waals surface area contributed by atoms with Crippen molar-refractivity contribution in [2.75, 3.05) is 7.11 Å². The van der Waals surface area contributed by atoms with Gasteiger partial charge in [-0.15, -0.1) is 0 Å². The third-order valence-electron chi connectivity index (χ3n) is 3.03. The van der Waals surface area contributed by atoms with Crippen LogP contribution >= 0.6 is 0 Å². The minimum absolute atomic E-state index is 0.210. The number of rotatable bonds is 5. The molecule has 0 aliphatic carbocycles. The second-order valence-electron chi connectivity index (χ2n) is 4.56. The number of aryl methyl sites for hydroxylation is 1. The van der Waals surface area contributed by atoms with Gasteiger partial charge in [-0.3, -0.25) is 0 Å². The summed E-state index contributed by atoms with van der Waals surface area (Å²) in [5.41, 5.74) is 3.33. The van der Waals surface area contributed by atoms with Crippen molar-refractivity contribution >= 4 is 0 Å². The number of hydrogen-bond acceptors (Lipinski definition) is 3. The molecule has 3 nitrogen and oxygen atoms in total. The topological polar surface area (TPSA) is 41.5 Å². The number of benzene rings is 2.